The molecule has 108 valence electrons. The second-order valence-electron chi connectivity index (χ2n) is 4.32. The number of halogens is 1. The summed E-state index contributed by atoms with van der Waals surface area (Å²) >= 11 is 0. The summed E-state index contributed by atoms with van der Waals surface area (Å²) in [4.78, 5) is 11.9. The molecule has 4 heteroatoms. The zero-order chi connectivity index (χ0) is 15.2. The Labute approximate surface area is 122 Å². The molecule has 0 saturated carbocycles. The van der Waals surface area contributed by atoms with E-state index < -0.39 is 0 Å². The fourth-order valence-corrected chi connectivity index (χ4v) is 1.84. The van der Waals surface area contributed by atoms with Crippen molar-refractivity contribution in [2.75, 3.05) is 14.2 Å². The number of rotatable bonds is 5. The highest BCUT2D eigenvalue weighted by Gasteiger charge is 2.04. The molecule has 0 fully saturated rings. The van der Waals surface area contributed by atoms with E-state index in [1.165, 1.54) is 30.3 Å². The number of carbonyl (C=O) groups is 1. The van der Waals surface area contributed by atoms with Gasteiger partial charge in [-0.3, -0.25) is 4.79 Å². The predicted octanol–water partition coefficient (Wildman–Crippen LogP) is 3.74. The van der Waals surface area contributed by atoms with E-state index in [1.54, 1.807) is 32.4 Å². The Morgan fingerprint density at radius 1 is 1.00 bits per heavy atom. The molecule has 0 atom stereocenters. The maximum Gasteiger partial charge on any atom is 0.185 e. The van der Waals surface area contributed by atoms with Crippen molar-refractivity contribution in [3.05, 3.63) is 65.5 Å². The Balaban J connectivity index is 2.17. The van der Waals surface area contributed by atoms with Crippen molar-refractivity contribution < 1.29 is 18.7 Å². The summed E-state index contributed by atoms with van der Waals surface area (Å²) in [5.41, 5.74) is 1.25. The Kier molecular flexibility index (Phi) is 4.72. The molecule has 0 aliphatic heterocycles. The second-order valence-corrected chi connectivity index (χ2v) is 4.32. The zero-order valence-corrected chi connectivity index (χ0v) is 11.8. The lowest BCUT2D eigenvalue weighted by Crippen LogP contribution is -1.94. The highest BCUT2D eigenvalue weighted by Crippen LogP contribution is 2.28. The van der Waals surface area contributed by atoms with Gasteiger partial charge in [0.1, 0.15) is 5.82 Å². The first-order valence-corrected chi connectivity index (χ1v) is 6.34. The standard InChI is InChI=1S/C17H15FO3/c1-20-16-10-4-12(11-17(16)21-2)3-9-15(19)13-5-7-14(18)8-6-13/h3-11H,1-2H3/b9-3-. The SMILES string of the molecule is COc1ccc(/C=C\C(=O)c2ccc(F)cc2)cc1OC. The lowest BCUT2D eigenvalue weighted by Gasteiger charge is -2.07. The fourth-order valence-electron chi connectivity index (χ4n) is 1.84. The molecule has 0 unspecified atom stereocenters. The molecule has 0 aliphatic rings. The first kappa shape index (κ1) is 14.8. The molecule has 0 aromatic heterocycles. The van der Waals surface area contributed by atoms with E-state index in [1.807, 2.05) is 6.07 Å². The minimum atomic E-state index is -0.365. The van der Waals surface area contributed by atoms with Gasteiger partial charge in [0.15, 0.2) is 17.3 Å². The van der Waals surface area contributed by atoms with E-state index in [0.29, 0.717) is 17.1 Å². The van der Waals surface area contributed by atoms with Gasteiger partial charge in [0.2, 0.25) is 0 Å². The van der Waals surface area contributed by atoms with E-state index in [4.69, 9.17) is 9.47 Å². The number of hydrogen-bond acceptors (Lipinski definition) is 3. The minimum Gasteiger partial charge on any atom is -0.493 e. The van der Waals surface area contributed by atoms with E-state index in [0.717, 1.165) is 5.56 Å². The summed E-state index contributed by atoms with van der Waals surface area (Å²) in [6.45, 7) is 0. The highest BCUT2D eigenvalue weighted by atomic mass is 19.1. The molecule has 0 saturated heterocycles. The number of allylic oxidation sites excluding steroid dienone is 1. The summed E-state index contributed by atoms with van der Waals surface area (Å²) in [6, 6.07) is 10.8. The normalized spacial score (nSPS) is 10.6. The Morgan fingerprint density at radius 3 is 2.29 bits per heavy atom. The molecule has 0 spiro atoms. The fraction of sp³-hybridized carbons (Fsp3) is 0.118. The summed E-state index contributed by atoms with van der Waals surface area (Å²) in [7, 11) is 3.11. The number of benzene rings is 2. The average molecular weight is 286 g/mol. The quantitative estimate of drug-likeness (QED) is 0.620. The van der Waals surface area contributed by atoms with Gasteiger partial charge >= 0.3 is 0 Å². The van der Waals surface area contributed by atoms with Crippen molar-refractivity contribution in [3.63, 3.8) is 0 Å². The number of ketones is 1. The molecule has 2 aromatic rings. The zero-order valence-electron chi connectivity index (χ0n) is 11.8. The van der Waals surface area contributed by atoms with Gasteiger partial charge in [0.05, 0.1) is 14.2 Å². The summed E-state index contributed by atoms with van der Waals surface area (Å²) in [6.07, 6.45) is 3.11. The van der Waals surface area contributed by atoms with Crippen molar-refractivity contribution in [2.45, 2.75) is 0 Å². The topological polar surface area (TPSA) is 35.5 Å². The van der Waals surface area contributed by atoms with Gasteiger partial charge in [0, 0.05) is 5.56 Å². The van der Waals surface area contributed by atoms with Crippen LogP contribution in [0, 0.1) is 5.82 Å². The molecule has 0 radical (unpaired) electrons. The first-order chi connectivity index (χ1) is 10.1. The van der Waals surface area contributed by atoms with E-state index in [9.17, 15) is 9.18 Å². The van der Waals surface area contributed by atoms with Crippen LogP contribution in [0.4, 0.5) is 4.39 Å². The first-order valence-electron chi connectivity index (χ1n) is 6.34. The average Bonchev–Trinajstić information content (AvgIpc) is 2.52. The summed E-state index contributed by atoms with van der Waals surface area (Å²) in [5, 5.41) is 0. The molecule has 0 bridgehead atoms. The van der Waals surface area contributed by atoms with Crippen LogP contribution in [-0.4, -0.2) is 20.0 Å². The third-order valence-corrected chi connectivity index (χ3v) is 2.96. The third kappa shape index (κ3) is 3.69. The molecule has 2 aromatic carbocycles. The largest absolute Gasteiger partial charge is 0.493 e. The summed E-state index contributed by atoms with van der Waals surface area (Å²) in [5.74, 6) is 0.661. The Bertz CT molecular complexity index is 660. The van der Waals surface area contributed by atoms with Crippen LogP contribution in [0.5, 0.6) is 11.5 Å². The van der Waals surface area contributed by atoms with Crippen molar-refractivity contribution in [1.29, 1.82) is 0 Å². The van der Waals surface area contributed by atoms with Crippen LogP contribution in [-0.2, 0) is 0 Å². The van der Waals surface area contributed by atoms with Gasteiger partial charge in [-0.25, -0.2) is 4.39 Å². The monoisotopic (exact) mass is 286 g/mol. The third-order valence-electron chi connectivity index (χ3n) is 2.96. The van der Waals surface area contributed by atoms with Crippen LogP contribution in [0.1, 0.15) is 15.9 Å². The van der Waals surface area contributed by atoms with E-state index in [2.05, 4.69) is 0 Å². The lowest BCUT2D eigenvalue weighted by atomic mass is 10.1. The smallest absolute Gasteiger partial charge is 0.185 e. The predicted molar refractivity (Wildman–Crippen MR) is 79.3 cm³/mol. The number of methoxy groups -OCH3 is 2. The Morgan fingerprint density at radius 2 is 1.67 bits per heavy atom. The molecule has 0 N–H and O–H groups in total. The maximum atomic E-state index is 12.8. The van der Waals surface area contributed by atoms with Crippen molar-refractivity contribution in [3.8, 4) is 11.5 Å². The Hall–Kier alpha value is -2.62. The number of ether oxygens (including phenoxy) is 2. The van der Waals surface area contributed by atoms with Gasteiger partial charge in [-0.1, -0.05) is 12.1 Å². The summed E-state index contributed by atoms with van der Waals surface area (Å²) < 4.78 is 23.1. The number of carbonyl (C=O) groups excluding carboxylic acids is 1. The second kappa shape index (κ2) is 6.70. The van der Waals surface area contributed by atoms with Crippen LogP contribution in [0.25, 0.3) is 6.08 Å². The van der Waals surface area contributed by atoms with E-state index >= 15 is 0 Å². The van der Waals surface area contributed by atoms with Gasteiger partial charge in [-0.15, -0.1) is 0 Å². The lowest BCUT2D eigenvalue weighted by molar-refractivity contribution is 0.104. The van der Waals surface area contributed by atoms with Gasteiger partial charge in [0.25, 0.3) is 0 Å². The molecular weight excluding hydrogens is 271 g/mol. The van der Waals surface area contributed by atoms with Crippen LogP contribution < -0.4 is 9.47 Å². The van der Waals surface area contributed by atoms with Crippen molar-refractivity contribution in [2.24, 2.45) is 0 Å². The van der Waals surface area contributed by atoms with Crippen LogP contribution in [0.2, 0.25) is 0 Å². The van der Waals surface area contributed by atoms with Gasteiger partial charge in [-0.05, 0) is 48.0 Å². The van der Waals surface area contributed by atoms with E-state index in [-0.39, 0.29) is 11.6 Å². The molecule has 0 amide bonds. The van der Waals surface area contributed by atoms with Crippen LogP contribution >= 0.6 is 0 Å². The minimum absolute atomic E-state index is 0.190. The van der Waals surface area contributed by atoms with Gasteiger partial charge < -0.3 is 9.47 Å². The molecule has 21 heavy (non-hydrogen) atoms. The molecule has 0 aliphatic carbocycles. The molecule has 0 heterocycles. The van der Waals surface area contributed by atoms with Gasteiger partial charge in [-0.2, -0.15) is 0 Å². The highest BCUT2D eigenvalue weighted by molar-refractivity contribution is 6.06. The van der Waals surface area contributed by atoms with Crippen molar-refractivity contribution >= 4 is 11.9 Å². The molecular formula is C17H15FO3. The molecule has 2 rings (SSSR count). The number of hydrogen-bond donors (Lipinski definition) is 0. The van der Waals surface area contributed by atoms with Crippen LogP contribution in [0.15, 0.2) is 48.5 Å². The van der Waals surface area contributed by atoms with Crippen molar-refractivity contribution in [1.82, 2.24) is 0 Å². The van der Waals surface area contributed by atoms with Crippen LogP contribution in [0.3, 0.4) is 0 Å². The maximum absolute atomic E-state index is 12.8. The molecule has 3 nitrogen and oxygen atoms in total.